The summed E-state index contributed by atoms with van der Waals surface area (Å²) in [6.45, 7) is 2.03. The molecule has 1 N–H and O–H groups in total. The van der Waals surface area contributed by atoms with Crippen molar-refractivity contribution in [3.8, 4) is 11.4 Å². The monoisotopic (exact) mass is 482 g/mol. The van der Waals surface area contributed by atoms with Gasteiger partial charge in [-0.25, -0.2) is 22.3 Å². The van der Waals surface area contributed by atoms with Gasteiger partial charge in [-0.3, -0.25) is 9.36 Å². The average Bonchev–Trinajstić information content (AvgIpc) is 2.74. The maximum Gasteiger partial charge on any atom is 0.352 e. The highest BCUT2D eigenvalue weighted by Crippen LogP contribution is 2.29. The summed E-state index contributed by atoms with van der Waals surface area (Å²) in [5.41, 5.74) is -0.770. The molecular formula is C20H20ClFN4O5S. The summed E-state index contributed by atoms with van der Waals surface area (Å²) < 4.78 is 48.4. The Bertz CT molecular complexity index is 1350. The molecule has 0 bridgehead atoms. The van der Waals surface area contributed by atoms with Gasteiger partial charge in [0.1, 0.15) is 17.6 Å². The van der Waals surface area contributed by atoms with Crippen molar-refractivity contribution >= 4 is 21.6 Å². The highest BCUT2D eigenvalue weighted by Gasteiger charge is 2.16. The van der Waals surface area contributed by atoms with Gasteiger partial charge in [-0.2, -0.15) is 9.78 Å². The maximum absolute atomic E-state index is 14.4. The molecule has 32 heavy (non-hydrogen) atoms. The zero-order chi connectivity index (χ0) is 23.5. The normalized spacial score (nSPS) is 11.5. The Hall–Kier alpha value is -3.02. The third-order valence-electron chi connectivity index (χ3n) is 4.51. The van der Waals surface area contributed by atoms with Gasteiger partial charge < -0.3 is 4.74 Å². The third kappa shape index (κ3) is 5.23. The number of aromatic nitrogens is 3. The zero-order valence-electron chi connectivity index (χ0n) is 17.2. The van der Waals surface area contributed by atoms with Gasteiger partial charge in [-0.05, 0) is 31.5 Å². The second kappa shape index (κ2) is 9.63. The molecule has 0 aliphatic rings. The molecule has 0 aliphatic carbocycles. The first-order chi connectivity index (χ1) is 15.1. The van der Waals surface area contributed by atoms with Crippen LogP contribution in [-0.2, 0) is 17.1 Å². The lowest BCUT2D eigenvalue weighted by atomic mass is 10.2. The second-order valence-corrected chi connectivity index (χ2v) is 9.06. The first-order valence-corrected chi connectivity index (χ1v) is 11.3. The number of ether oxygens (including phenoxy) is 1. The molecule has 0 atom stereocenters. The number of hydrogen-bond acceptors (Lipinski definition) is 6. The Morgan fingerprint density at radius 1 is 1.19 bits per heavy atom. The number of aryl methyl sites for hydroxylation is 1. The third-order valence-corrected chi connectivity index (χ3v) is 6.29. The van der Waals surface area contributed by atoms with Crippen molar-refractivity contribution in [1.29, 1.82) is 0 Å². The highest BCUT2D eigenvalue weighted by atomic mass is 35.5. The molecule has 0 saturated heterocycles. The van der Waals surface area contributed by atoms with Crippen LogP contribution in [-0.4, -0.2) is 35.9 Å². The molecule has 0 spiro atoms. The molecule has 0 radical (unpaired) electrons. The Morgan fingerprint density at radius 3 is 2.56 bits per heavy atom. The number of nitrogens with one attached hydrogen (secondary N) is 1. The number of hydrogen-bond donors (Lipinski definition) is 1. The van der Waals surface area contributed by atoms with Crippen molar-refractivity contribution in [2.45, 2.75) is 18.2 Å². The van der Waals surface area contributed by atoms with E-state index >= 15 is 0 Å². The van der Waals surface area contributed by atoms with Crippen molar-refractivity contribution < 1.29 is 17.5 Å². The fourth-order valence-electron chi connectivity index (χ4n) is 2.70. The van der Waals surface area contributed by atoms with Gasteiger partial charge >= 0.3 is 5.69 Å². The quantitative estimate of drug-likeness (QED) is 0.490. The van der Waals surface area contributed by atoms with E-state index in [4.69, 9.17) is 16.3 Å². The lowest BCUT2D eigenvalue weighted by Gasteiger charge is -2.12. The van der Waals surface area contributed by atoms with Crippen molar-refractivity contribution in [2.75, 3.05) is 13.2 Å². The van der Waals surface area contributed by atoms with Crippen LogP contribution in [0.3, 0.4) is 0 Å². The van der Waals surface area contributed by atoms with E-state index in [0.717, 1.165) is 27.1 Å². The van der Waals surface area contributed by atoms with Gasteiger partial charge in [0, 0.05) is 19.7 Å². The van der Waals surface area contributed by atoms with Crippen LogP contribution in [0.15, 0.2) is 57.1 Å². The standard InChI is InChI=1S/C20H20ClFN4O5S/c1-13-4-6-14(7-5-13)32(29,30)24-8-3-9-31-18-11-17(16(22)10-15(18)21)26-20(28)25(2)19(27)12-23-26/h4-7,10-12,24H,3,8-9H2,1-2H3. The molecule has 0 saturated carbocycles. The van der Waals surface area contributed by atoms with Gasteiger partial charge in [0.05, 0.1) is 16.5 Å². The summed E-state index contributed by atoms with van der Waals surface area (Å²) in [6.07, 6.45) is 1.18. The van der Waals surface area contributed by atoms with E-state index in [1.807, 2.05) is 6.92 Å². The van der Waals surface area contributed by atoms with Gasteiger partial charge in [0.2, 0.25) is 10.0 Å². The predicted molar refractivity (Wildman–Crippen MR) is 117 cm³/mol. The molecule has 0 amide bonds. The van der Waals surface area contributed by atoms with Crippen molar-refractivity contribution in [3.63, 3.8) is 0 Å². The van der Waals surface area contributed by atoms with Crippen LogP contribution in [0.4, 0.5) is 4.39 Å². The number of halogens is 2. The molecule has 0 unspecified atom stereocenters. The van der Waals surface area contributed by atoms with Gasteiger partial charge in [0.25, 0.3) is 5.56 Å². The first kappa shape index (κ1) is 23.6. The van der Waals surface area contributed by atoms with E-state index in [9.17, 15) is 22.4 Å². The van der Waals surface area contributed by atoms with Gasteiger partial charge in [-0.15, -0.1) is 0 Å². The Kier molecular flexibility index (Phi) is 7.12. The number of benzene rings is 2. The zero-order valence-corrected chi connectivity index (χ0v) is 18.8. The van der Waals surface area contributed by atoms with Crippen LogP contribution in [0.5, 0.6) is 5.75 Å². The molecule has 9 nitrogen and oxygen atoms in total. The van der Waals surface area contributed by atoms with Crippen LogP contribution < -0.4 is 20.7 Å². The minimum atomic E-state index is -3.65. The van der Waals surface area contributed by atoms with Crippen molar-refractivity contribution in [1.82, 2.24) is 19.1 Å². The Balaban J connectivity index is 1.67. The molecular weight excluding hydrogens is 463 g/mol. The molecule has 0 fully saturated rings. The smallest absolute Gasteiger partial charge is 0.352 e. The van der Waals surface area contributed by atoms with Gasteiger partial charge in [-0.1, -0.05) is 29.3 Å². The number of nitrogens with zero attached hydrogens (tertiary/aromatic N) is 3. The summed E-state index contributed by atoms with van der Waals surface area (Å²) in [6, 6.07) is 8.60. The SMILES string of the molecule is Cc1ccc(S(=O)(=O)NCCCOc2cc(-n3ncc(=O)n(C)c3=O)c(F)cc2Cl)cc1. The molecule has 0 aliphatic heterocycles. The maximum atomic E-state index is 14.4. The molecule has 3 aromatic rings. The van der Waals surface area contributed by atoms with E-state index in [-0.39, 0.29) is 34.5 Å². The molecule has 1 heterocycles. The van der Waals surface area contributed by atoms with E-state index in [2.05, 4.69) is 9.82 Å². The van der Waals surface area contributed by atoms with Crippen LogP contribution in [0, 0.1) is 12.7 Å². The van der Waals surface area contributed by atoms with Crippen LogP contribution in [0.2, 0.25) is 5.02 Å². The molecule has 12 heteroatoms. The van der Waals surface area contributed by atoms with E-state index in [0.29, 0.717) is 6.42 Å². The Morgan fingerprint density at radius 2 is 1.88 bits per heavy atom. The minimum absolute atomic E-state index is 0.0376. The van der Waals surface area contributed by atoms with Crippen LogP contribution in [0.1, 0.15) is 12.0 Å². The average molecular weight is 483 g/mol. The lowest BCUT2D eigenvalue weighted by molar-refractivity contribution is 0.311. The molecule has 2 aromatic carbocycles. The number of rotatable bonds is 8. The fourth-order valence-corrected chi connectivity index (χ4v) is 3.98. The summed E-state index contributed by atoms with van der Waals surface area (Å²) in [7, 11) is -2.40. The summed E-state index contributed by atoms with van der Waals surface area (Å²) in [5, 5.41) is 3.63. The number of sulfonamides is 1. The van der Waals surface area contributed by atoms with Gasteiger partial charge in [0.15, 0.2) is 5.82 Å². The summed E-state index contributed by atoms with van der Waals surface area (Å²) >= 11 is 6.02. The highest BCUT2D eigenvalue weighted by molar-refractivity contribution is 7.89. The molecule has 170 valence electrons. The Labute approximate surface area is 188 Å². The van der Waals surface area contributed by atoms with Crippen molar-refractivity contribution in [2.24, 2.45) is 7.05 Å². The fraction of sp³-hybridized carbons (Fsp3) is 0.250. The minimum Gasteiger partial charge on any atom is -0.492 e. The summed E-state index contributed by atoms with van der Waals surface area (Å²) in [4.78, 5) is 23.9. The van der Waals surface area contributed by atoms with E-state index < -0.39 is 27.1 Å². The molecule has 3 rings (SSSR count). The lowest BCUT2D eigenvalue weighted by Crippen LogP contribution is -2.38. The predicted octanol–water partition coefficient (Wildman–Crippen LogP) is 1.78. The van der Waals surface area contributed by atoms with Crippen molar-refractivity contribution in [3.05, 3.63) is 79.8 Å². The topological polar surface area (TPSA) is 112 Å². The van der Waals surface area contributed by atoms with Crippen LogP contribution >= 0.6 is 11.6 Å². The van der Waals surface area contributed by atoms with Crippen LogP contribution in [0.25, 0.3) is 5.69 Å². The largest absolute Gasteiger partial charge is 0.492 e. The molecule has 1 aromatic heterocycles. The van der Waals surface area contributed by atoms with E-state index in [1.165, 1.54) is 25.2 Å². The summed E-state index contributed by atoms with van der Waals surface area (Å²) in [5.74, 6) is -0.756. The first-order valence-electron chi connectivity index (χ1n) is 9.44. The van der Waals surface area contributed by atoms with E-state index in [1.54, 1.807) is 12.1 Å². The second-order valence-electron chi connectivity index (χ2n) is 6.88.